The van der Waals surface area contributed by atoms with Crippen molar-refractivity contribution in [3.63, 3.8) is 0 Å². The van der Waals surface area contributed by atoms with Gasteiger partial charge in [0, 0.05) is 24.4 Å². The third-order valence-electron chi connectivity index (χ3n) is 2.86. The summed E-state index contributed by atoms with van der Waals surface area (Å²) in [5, 5.41) is 0. The van der Waals surface area contributed by atoms with Crippen LogP contribution >= 0.6 is 0 Å². The Morgan fingerprint density at radius 1 is 1.12 bits per heavy atom. The van der Waals surface area contributed by atoms with E-state index in [2.05, 4.69) is 23.2 Å². The number of rotatable bonds is 3. The lowest BCUT2D eigenvalue weighted by atomic mass is 9.98. The molecule has 0 N–H and O–H groups in total. The van der Waals surface area contributed by atoms with Crippen molar-refractivity contribution in [1.29, 1.82) is 0 Å². The maximum Gasteiger partial charge on any atom is 0.167 e. The van der Waals surface area contributed by atoms with Gasteiger partial charge < -0.3 is 0 Å². The zero-order valence-electron chi connectivity index (χ0n) is 10.1. The number of carbonyl (C=O) groups is 1. The minimum Gasteiger partial charge on any atom is -0.294 e. The molecule has 0 bridgehead atoms. The summed E-state index contributed by atoms with van der Waals surface area (Å²) in [7, 11) is 0. The second-order valence-electron chi connectivity index (χ2n) is 4.27. The van der Waals surface area contributed by atoms with Gasteiger partial charge in [-0.1, -0.05) is 23.8 Å². The minimum absolute atomic E-state index is 0.140. The van der Waals surface area contributed by atoms with Crippen molar-refractivity contribution in [2.45, 2.75) is 20.3 Å². The molecule has 1 aromatic carbocycles. The van der Waals surface area contributed by atoms with Crippen LogP contribution < -0.4 is 0 Å². The highest BCUT2D eigenvalue weighted by atomic mass is 16.1. The average molecular weight is 225 g/mol. The van der Waals surface area contributed by atoms with Crippen LogP contribution in [0.3, 0.4) is 0 Å². The fourth-order valence-corrected chi connectivity index (χ4v) is 1.80. The summed E-state index contributed by atoms with van der Waals surface area (Å²) in [5.41, 5.74) is 4.18. The first kappa shape index (κ1) is 11.5. The number of ketones is 1. The number of Topliss-reactive ketones (excluding diaryl/α,β-unsaturated/α-hetero) is 1. The first-order chi connectivity index (χ1) is 8.16. The smallest absolute Gasteiger partial charge is 0.167 e. The van der Waals surface area contributed by atoms with Gasteiger partial charge in [-0.05, 0) is 37.1 Å². The Morgan fingerprint density at radius 3 is 2.53 bits per heavy atom. The van der Waals surface area contributed by atoms with Crippen molar-refractivity contribution in [2.24, 2.45) is 0 Å². The Morgan fingerprint density at radius 2 is 1.82 bits per heavy atom. The van der Waals surface area contributed by atoms with E-state index in [0.29, 0.717) is 6.42 Å². The molecule has 0 fully saturated rings. The fourth-order valence-electron chi connectivity index (χ4n) is 1.80. The lowest BCUT2D eigenvalue weighted by Crippen LogP contribution is -2.05. The number of hydrogen-bond acceptors (Lipinski definition) is 2. The second kappa shape index (κ2) is 4.91. The highest BCUT2D eigenvalue weighted by molar-refractivity contribution is 5.97. The molecule has 0 saturated heterocycles. The topological polar surface area (TPSA) is 30.0 Å². The molecule has 0 amide bonds. The first-order valence-electron chi connectivity index (χ1n) is 5.66. The maximum atomic E-state index is 12.0. The summed E-state index contributed by atoms with van der Waals surface area (Å²) in [6.45, 7) is 4.08. The van der Waals surface area contributed by atoms with Crippen molar-refractivity contribution >= 4 is 5.78 Å². The third-order valence-corrected chi connectivity index (χ3v) is 2.86. The molecule has 2 rings (SSSR count). The molecule has 1 heterocycles. The summed E-state index contributed by atoms with van der Waals surface area (Å²) >= 11 is 0. The Bertz CT molecular complexity index is 532. The third kappa shape index (κ3) is 2.78. The van der Waals surface area contributed by atoms with Crippen molar-refractivity contribution in [1.82, 2.24) is 4.98 Å². The molecule has 0 aliphatic carbocycles. The highest BCUT2D eigenvalue weighted by Crippen LogP contribution is 2.13. The van der Waals surface area contributed by atoms with Crippen LogP contribution in [0.2, 0.25) is 0 Å². The molecule has 2 nitrogen and oxygen atoms in total. The van der Waals surface area contributed by atoms with Gasteiger partial charge in [-0.15, -0.1) is 0 Å². The Balaban J connectivity index is 2.22. The van der Waals surface area contributed by atoms with E-state index in [1.54, 1.807) is 24.5 Å². The molecular formula is C15H15NO. The number of hydrogen-bond donors (Lipinski definition) is 0. The Hall–Kier alpha value is -1.96. The normalized spacial score (nSPS) is 10.2. The molecule has 0 spiro atoms. The van der Waals surface area contributed by atoms with Gasteiger partial charge >= 0.3 is 0 Å². The van der Waals surface area contributed by atoms with Gasteiger partial charge in [0.1, 0.15) is 0 Å². The SMILES string of the molecule is Cc1ccc(C)c(CC(=O)c2ccncc2)c1. The van der Waals surface area contributed by atoms with Gasteiger partial charge in [0.05, 0.1) is 0 Å². The largest absolute Gasteiger partial charge is 0.294 e. The van der Waals surface area contributed by atoms with Crippen LogP contribution in [-0.4, -0.2) is 10.8 Å². The molecule has 2 heteroatoms. The van der Waals surface area contributed by atoms with E-state index in [1.165, 1.54) is 5.56 Å². The highest BCUT2D eigenvalue weighted by Gasteiger charge is 2.08. The second-order valence-corrected chi connectivity index (χ2v) is 4.27. The van der Waals surface area contributed by atoms with E-state index < -0.39 is 0 Å². The Kier molecular flexibility index (Phi) is 3.33. The van der Waals surface area contributed by atoms with Gasteiger partial charge in [0.25, 0.3) is 0 Å². The van der Waals surface area contributed by atoms with E-state index in [1.807, 2.05) is 13.8 Å². The fraction of sp³-hybridized carbons (Fsp3) is 0.200. The molecule has 0 saturated carbocycles. The zero-order valence-corrected chi connectivity index (χ0v) is 10.1. The van der Waals surface area contributed by atoms with Crippen LogP contribution in [0.25, 0.3) is 0 Å². The van der Waals surface area contributed by atoms with Crippen LogP contribution in [-0.2, 0) is 6.42 Å². The van der Waals surface area contributed by atoms with Crippen LogP contribution in [0.5, 0.6) is 0 Å². The van der Waals surface area contributed by atoms with Crippen molar-refractivity contribution < 1.29 is 4.79 Å². The predicted octanol–water partition coefficient (Wildman–Crippen LogP) is 3.12. The van der Waals surface area contributed by atoms with Crippen LogP contribution in [0, 0.1) is 13.8 Å². The van der Waals surface area contributed by atoms with E-state index in [4.69, 9.17) is 0 Å². The van der Waals surface area contributed by atoms with Crippen LogP contribution in [0.1, 0.15) is 27.0 Å². The molecular weight excluding hydrogens is 210 g/mol. The lowest BCUT2D eigenvalue weighted by Gasteiger charge is -2.06. The Labute approximate surface area is 101 Å². The molecule has 2 aromatic rings. The molecule has 0 atom stereocenters. The van der Waals surface area contributed by atoms with Crippen molar-refractivity contribution in [3.8, 4) is 0 Å². The molecule has 0 aliphatic rings. The number of carbonyl (C=O) groups excluding carboxylic acids is 1. The van der Waals surface area contributed by atoms with Gasteiger partial charge in [-0.25, -0.2) is 0 Å². The molecule has 86 valence electrons. The summed E-state index contributed by atoms with van der Waals surface area (Å²) in [4.78, 5) is 16.0. The number of aromatic nitrogens is 1. The monoisotopic (exact) mass is 225 g/mol. The predicted molar refractivity (Wildman–Crippen MR) is 68.2 cm³/mol. The molecule has 0 radical (unpaired) electrons. The van der Waals surface area contributed by atoms with E-state index >= 15 is 0 Å². The van der Waals surface area contributed by atoms with Crippen molar-refractivity contribution in [2.75, 3.05) is 0 Å². The maximum absolute atomic E-state index is 12.0. The molecule has 17 heavy (non-hydrogen) atoms. The van der Waals surface area contributed by atoms with Gasteiger partial charge in [0.2, 0.25) is 0 Å². The van der Waals surface area contributed by atoms with Crippen molar-refractivity contribution in [3.05, 3.63) is 65.0 Å². The van der Waals surface area contributed by atoms with Gasteiger partial charge in [0.15, 0.2) is 5.78 Å². The zero-order chi connectivity index (χ0) is 12.3. The summed E-state index contributed by atoms with van der Waals surface area (Å²) in [6.07, 6.45) is 3.75. The van der Waals surface area contributed by atoms with E-state index in [0.717, 1.165) is 16.7 Å². The summed E-state index contributed by atoms with van der Waals surface area (Å²) < 4.78 is 0. The number of aryl methyl sites for hydroxylation is 2. The quantitative estimate of drug-likeness (QED) is 0.751. The molecule has 1 aromatic heterocycles. The van der Waals surface area contributed by atoms with Crippen LogP contribution in [0.15, 0.2) is 42.7 Å². The number of pyridine rings is 1. The number of benzene rings is 1. The summed E-state index contributed by atoms with van der Waals surface area (Å²) in [6, 6.07) is 9.72. The standard InChI is InChI=1S/C15H15NO/c1-11-3-4-12(2)14(9-11)10-15(17)13-5-7-16-8-6-13/h3-9H,10H2,1-2H3. The summed E-state index contributed by atoms with van der Waals surface area (Å²) in [5.74, 6) is 0.140. The van der Waals surface area contributed by atoms with E-state index in [-0.39, 0.29) is 5.78 Å². The molecule has 0 unspecified atom stereocenters. The van der Waals surface area contributed by atoms with E-state index in [9.17, 15) is 4.79 Å². The van der Waals surface area contributed by atoms with Gasteiger partial charge in [-0.2, -0.15) is 0 Å². The first-order valence-corrected chi connectivity index (χ1v) is 5.66. The van der Waals surface area contributed by atoms with Gasteiger partial charge in [-0.3, -0.25) is 9.78 Å². The molecule has 0 aliphatic heterocycles. The van der Waals surface area contributed by atoms with Crippen LogP contribution in [0.4, 0.5) is 0 Å². The average Bonchev–Trinajstić information content (AvgIpc) is 2.35. The minimum atomic E-state index is 0.140. The lowest BCUT2D eigenvalue weighted by molar-refractivity contribution is 0.0992. The number of nitrogens with zero attached hydrogens (tertiary/aromatic N) is 1.